The molecular formula is C15H9BrCl2N2O2. The van der Waals surface area contributed by atoms with Crippen molar-refractivity contribution in [1.82, 2.24) is 10.2 Å². The summed E-state index contributed by atoms with van der Waals surface area (Å²) in [5.41, 5.74) is 1.36. The van der Waals surface area contributed by atoms with Crippen LogP contribution >= 0.6 is 39.1 Å². The molecule has 112 valence electrons. The minimum Gasteiger partial charge on any atom is -0.494 e. The average molecular weight is 400 g/mol. The molecule has 7 heteroatoms. The first kappa shape index (κ1) is 15.3. The molecule has 0 fully saturated rings. The fourth-order valence-corrected chi connectivity index (χ4v) is 2.97. The molecule has 0 bridgehead atoms. The second kappa shape index (κ2) is 6.28. The smallest absolute Gasteiger partial charge is 0.252 e. The molecule has 0 unspecified atom stereocenters. The molecular weight excluding hydrogens is 391 g/mol. The molecule has 0 aliphatic carbocycles. The van der Waals surface area contributed by atoms with Crippen molar-refractivity contribution in [2.75, 3.05) is 7.11 Å². The number of ether oxygens (including phenoxy) is 1. The second-order valence-electron chi connectivity index (χ2n) is 4.39. The average Bonchev–Trinajstić information content (AvgIpc) is 2.96. The molecule has 4 nitrogen and oxygen atoms in total. The molecule has 3 rings (SSSR count). The lowest BCUT2D eigenvalue weighted by atomic mass is 10.2. The van der Waals surface area contributed by atoms with Crippen LogP contribution in [0.4, 0.5) is 0 Å². The van der Waals surface area contributed by atoms with Crippen molar-refractivity contribution < 1.29 is 9.15 Å². The fraction of sp³-hybridized carbons (Fsp3) is 0.0667. The van der Waals surface area contributed by atoms with E-state index in [0.29, 0.717) is 27.2 Å². The first-order valence-electron chi connectivity index (χ1n) is 6.21. The van der Waals surface area contributed by atoms with Crippen LogP contribution in [0.25, 0.3) is 22.9 Å². The molecule has 0 amide bonds. The van der Waals surface area contributed by atoms with Crippen LogP contribution in [-0.2, 0) is 0 Å². The molecule has 3 aromatic rings. The quantitative estimate of drug-likeness (QED) is 0.584. The van der Waals surface area contributed by atoms with Gasteiger partial charge in [0.25, 0.3) is 5.89 Å². The lowest BCUT2D eigenvalue weighted by Crippen LogP contribution is -1.89. The van der Waals surface area contributed by atoms with Gasteiger partial charge >= 0.3 is 0 Å². The van der Waals surface area contributed by atoms with E-state index in [1.54, 1.807) is 12.1 Å². The Morgan fingerprint density at radius 2 is 1.86 bits per heavy atom. The van der Waals surface area contributed by atoms with E-state index in [4.69, 9.17) is 32.4 Å². The van der Waals surface area contributed by atoms with Gasteiger partial charge in [-0.2, -0.15) is 0 Å². The van der Waals surface area contributed by atoms with Crippen LogP contribution in [0.5, 0.6) is 5.75 Å². The molecule has 0 N–H and O–H groups in total. The lowest BCUT2D eigenvalue weighted by molar-refractivity contribution is 0.414. The van der Waals surface area contributed by atoms with E-state index in [0.717, 1.165) is 10.0 Å². The molecule has 1 heterocycles. The highest BCUT2D eigenvalue weighted by atomic mass is 79.9. The Kier molecular flexibility index (Phi) is 4.38. The number of hydrogen-bond acceptors (Lipinski definition) is 4. The van der Waals surface area contributed by atoms with Crippen molar-refractivity contribution >= 4 is 39.1 Å². The summed E-state index contributed by atoms with van der Waals surface area (Å²) in [5, 5.41) is 8.96. The van der Waals surface area contributed by atoms with E-state index < -0.39 is 0 Å². The summed E-state index contributed by atoms with van der Waals surface area (Å²) in [5.74, 6) is 1.13. The molecule has 0 saturated heterocycles. The fourth-order valence-electron chi connectivity index (χ4n) is 2.00. The highest BCUT2D eigenvalue weighted by Crippen LogP contribution is 2.39. The number of halogens is 3. The molecule has 0 aliphatic heterocycles. The predicted octanol–water partition coefficient (Wildman–Crippen LogP) is 5.48. The Hall–Kier alpha value is -1.56. The van der Waals surface area contributed by atoms with E-state index in [1.165, 1.54) is 7.11 Å². The lowest BCUT2D eigenvalue weighted by Gasteiger charge is -2.07. The molecule has 0 radical (unpaired) electrons. The van der Waals surface area contributed by atoms with Gasteiger partial charge in [0.1, 0.15) is 5.75 Å². The first-order chi connectivity index (χ1) is 10.6. The molecule has 0 atom stereocenters. The third-order valence-corrected chi connectivity index (χ3v) is 3.93. The van der Waals surface area contributed by atoms with E-state index in [9.17, 15) is 0 Å². The summed E-state index contributed by atoms with van der Waals surface area (Å²) in [7, 11) is 1.52. The van der Waals surface area contributed by atoms with Gasteiger partial charge < -0.3 is 9.15 Å². The van der Waals surface area contributed by atoms with Gasteiger partial charge in [-0.05, 0) is 30.3 Å². The van der Waals surface area contributed by atoms with E-state index in [2.05, 4.69) is 26.1 Å². The Morgan fingerprint density at radius 3 is 2.59 bits per heavy atom. The maximum absolute atomic E-state index is 6.12. The number of benzene rings is 2. The summed E-state index contributed by atoms with van der Waals surface area (Å²) < 4.78 is 11.9. The van der Waals surface area contributed by atoms with Gasteiger partial charge in [0.2, 0.25) is 5.89 Å². The number of nitrogens with zero attached hydrogens (tertiary/aromatic N) is 2. The van der Waals surface area contributed by atoms with Crippen LogP contribution in [0.2, 0.25) is 10.0 Å². The Balaban J connectivity index is 2.08. The Bertz CT molecular complexity index is 836. The van der Waals surface area contributed by atoms with Gasteiger partial charge in [-0.3, -0.25) is 0 Å². The van der Waals surface area contributed by atoms with E-state index in [-0.39, 0.29) is 5.89 Å². The van der Waals surface area contributed by atoms with Crippen LogP contribution in [-0.4, -0.2) is 17.3 Å². The zero-order chi connectivity index (χ0) is 15.7. The minimum absolute atomic E-state index is 0.288. The molecule has 0 spiro atoms. The van der Waals surface area contributed by atoms with Crippen LogP contribution in [0.3, 0.4) is 0 Å². The van der Waals surface area contributed by atoms with Crippen molar-refractivity contribution in [2.24, 2.45) is 0 Å². The number of rotatable bonds is 3. The second-order valence-corrected chi connectivity index (χ2v) is 6.15. The third-order valence-electron chi connectivity index (χ3n) is 2.94. The maximum atomic E-state index is 6.12. The zero-order valence-corrected chi connectivity index (χ0v) is 14.4. The summed E-state index contributed by atoms with van der Waals surface area (Å²) in [6, 6.07) is 10.8. The van der Waals surface area contributed by atoms with Crippen LogP contribution in [0.15, 0.2) is 45.3 Å². The predicted molar refractivity (Wildman–Crippen MR) is 89.4 cm³/mol. The van der Waals surface area contributed by atoms with Gasteiger partial charge in [-0.15, -0.1) is 10.2 Å². The number of methoxy groups -OCH3 is 1. The summed E-state index contributed by atoms with van der Waals surface area (Å²) >= 11 is 15.6. The van der Waals surface area contributed by atoms with Gasteiger partial charge in [0.05, 0.1) is 17.7 Å². The van der Waals surface area contributed by atoms with Crippen molar-refractivity contribution in [3.05, 3.63) is 50.9 Å². The summed E-state index contributed by atoms with van der Waals surface area (Å²) in [6.07, 6.45) is 0. The third kappa shape index (κ3) is 2.97. The standard InChI is InChI=1S/C15H9BrCl2N2O2/c1-21-13-11(6-10(17)7-12(13)18)15-20-19-14(22-15)8-3-2-4-9(16)5-8/h2-7H,1H3. The molecule has 1 aromatic heterocycles. The molecule has 2 aromatic carbocycles. The van der Waals surface area contributed by atoms with Gasteiger partial charge in [0, 0.05) is 15.1 Å². The SMILES string of the molecule is COc1c(Cl)cc(Cl)cc1-c1nnc(-c2cccc(Br)c2)o1. The summed E-state index contributed by atoms with van der Waals surface area (Å²) in [4.78, 5) is 0. The van der Waals surface area contributed by atoms with Crippen LogP contribution < -0.4 is 4.74 Å². The summed E-state index contributed by atoms with van der Waals surface area (Å²) in [6.45, 7) is 0. The van der Waals surface area contributed by atoms with Gasteiger partial charge in [-0.1, -0.05) is 45.2 Å². The molecule has 0 saturated carbocycles. The normalized spacial score (nSPS) is 10.7. The van der Waals surface area contributed by atoms with Gasteiger partial charge in [0.15, 0.2) is 0 Å². The number of aromatic nitrogens is 2. The minimum atomic E-state index is 0.288. The van der Waals surface area contributed by atoms with Crippen LogP contribution in [0.1, 0.15) is 0 Å². The van der Waals surface area contributed by atoms with Crippen molar-refractivity contribution in [3.8, 4) is 28.7 Å². The maximum Gasteiger partial charge on any atom is 0.252 e. The Labute approximate surface area is 145 Å². The van der Waals surface area contributed by atoms with Crippen molar-refractivity contribution in [2.45, 2.75) is 0 Å². The molecule has 0 aliphatic rings. The van der Waals surface area contributed by atoms with E-state index >= 15 is 0 Å². The number of hydrogen-bond donors (Lipinski definition) is 0. The topological polar surface area (TPSA) is 48.2 Å². The van der Waals surface area contributed by atoms with Crippen LogP contribution in [0, 0.1) is 0 Å². The van der Waals surface area contributed by atoms with Gasteiger partial charge in [-0.25, -0.2) is 0 Å². The van der Waals surface area contributed by atoms with E-state index in [1.807, 2.05) is 24.3 Å². The zero-order valence-electron chi connectivity index (χ0n) is 11.3. The van der Waals surface area contributed by atoms with Crippen molar-refractivity contribution in [3.63, 3.8) is 0 Å². The highest BCUT2D eigenvalue weighted by molar-refractivity contribution is 9.10. The largest absolute Gasteiger partial charge is 0.494 e. The molecule has 22 heavy (non-hydrogen) atoms. The first-order valence-corrected chi connectivity index (χ1v) is 7.76. The monoisotopic (exact) mass is 398 g/mol. The van der Waals surface area contributed by atoms with Crippen molar-refractivity contribution in [1.29, 1.82) is 0 Å². The Morgan fingerprint density at radius 1 is 1.09 bits per heavy atom. The highest BCUT2D eigenvalue weighted by Gasteiger charge is 2.18.